The van der Waals surface area contributed by atoms with Crippen LogP contribution >= 0.6 is 11.6 Å². The predicted octanol–water partition coefficient (Wildman–Crippen LogP) is 2.44. The van der Waals surface area contributed by atoms with Crippen molar-refractivity contribution in [2.75, 3.05) is 11.8 Å². The average Bonchev–Trinajstić information content (AvgIpc) is 3.00. The van der Waals surface area contributed by atoms with Gasteiger partial charge in [0, 0.05) is 5.02 Å². The number of aromatic amines is 1. The fourth-order valence-electron chi connectivity index (χ4n) is 2.15. The van der Waals surface area contributed by atoms with Gasteiger partial charge in [0.15, 0.2) is 5.69 Å². The van der Waals surface area contributed by atoms with Gasteiger partial charge in [0.1, 0.15) is 5.82 Å². The van der Waals surface area contributed by atoms with Gasteiger partial charge in [-0.15, -0.1) is 0 Å². The number of anilines is 1. The van der Waals surface area contributed by atoms with Crippen molar-refractivity contribution in [1.82, 2.24) is 20.2 Å². The van der Waals surface area contributed by atoms with Crippen molar-refractivity contribution in [2.24, 2.45) is 0 Å². The van der Waals surface area contributed by atoms with Crippen LogP contribution in [0.4, 0.5) is 5.69 Å². The molecular formula is C14H12ClN6O3S+. The zero-order valence-corrected chi connectivity index (χ0v) is 14.4. The molecular weight excluding hydrogens is 368 g/mol. The van der Waals surface area contributed by atoms with Crippen LogP contribution in [0.5, 0.6) is 5.88 Å². The minimum atomic E-state index is -3.75. The summed E-state index contributed by atoms with van der Waals surface area (Å²) in [6, 6.07) is 6.69. The quantitative estimate of drug-likeness (QED) is 0.579. The second-order valence-electron chi connectivity index (χ2n) is 4.89. The first-order valence-electron chi connectivity index (χ1n) is 6.89. The van der Waals surface area contributed by atoms with E-state index in [9.17, 15) is 8.76 Å². The lowest BCUT2D eigenvalue weighted by Gasteiger charge is -2.09. The van der Waals surface area contributed by atoms with Crippen molar-refractivity contribution in [3.8, 4) is 11.9 Å². The second-order valence-corrected chi connectivity index (χ2v) is 6.99. The van der Waals surface area contributed by atoms with E-state index in [0.717, 1.165) is 0 Å². The van der Waals surface area contributed by atoms with E-state index >= 15 is 0 Å². The molecule has 0 aliphatic heterocycles. The second kappa shape index (κ2) is 6.64. The molecule has 0 aliphatic rings. The summed E-state index contributed by atoms with van der Waals surface area (Å²) in [5.41, 5.74) is 0.562. The van der Waals surface area contributed by atoms with Gasteiger partial charge >= 0.3 is 15.4 Å². The number of benzene rings is 1. The summed E-state index contributed by atoms with van der Waals surface area (Å²) in [6.45, 7) is 0. The molecule has 0 saturated heterocycles. The zero-order valence-electron chi connectivity index (χ0n) is 12.9. The molecule has 3 aromatic rings. The summed E-state index contributed by atoms with van der Waals surface area (Å²) >= 11 is 5.89. The fraction of sp³-hybridized carbons (Fsp3) is 0.143. The molecule has 1 aromatic carbocycles. The molecule has 1 unspecified atom stereocenters. The molecule has 0 spiro atoms. The minimum Gasteiger partial charge on any atom is -0.479 e. The molecule has 1 atom stereocenters. The van der Waals surface area contributed by atoms with Crippen molar-refractivity contribution in [2.45, 2.75) is 11.4 Å². The van der Waals surface area contributed by atoms with E-state index in [4.69, 9.17) is 21.6 Å². The number of rotatable bonds is 5. The largest absolute Gasteiger partial charge is 0.479 e. The van der Waals surface area contributed by atoms with Crippen LogP contribution in [0.15, 0.2) is 29.4 Å². The van der Waals surface area contributed by atoms with Gasteiger partial charge in [0.05, 0.1) is 36.7 Å². The number of nitrogens with one attached hydrogen (secondary N) is 2. The fourth-order valence-corrected chi connectivity index (χ4v) is 3.50. The maximum Gasteiger partial charge on any atom is 0.365 e. The van der Waals surface area contributed by atoms with E-state index in [-0.39, 0.29) is 28.8 Å². The van der Waals surface area contributed by atoms with Gasteiger partial charge in [-0.25, -0.2) is 10.1 Å². The Balaban J connectivity index is 1.98. The highest BCUT2D eigenvalue weighted by molar-refractivity contribution is 7.99. The van der Waals surface area contributed by atoms with Crippen LogP contribution in [0, 0.1) is 11.3 Å². The van der Waals surface area contributed by atoms with Crippen LogP contribution in [-0.2, 0) is 21.0 Å². The Morgan fingerprint density at radius 1 is 1.52 bits per heavy atom. The topological polar surface area (TPSA) is 137 Å². The third-order valence-electron chi connectivity index (χ3n) is 3.24. The minimum absolute atomic E-state index is 0.00289. The molecule has 128 valence electrons. The number of methoxy groups -OCH3 is 1. The molecule has 0 radical (unpaired) electrons. The molecule has 11 heteroatoms. The van der Waals surface area contributed by atoms with E-state index < -0.39 is 10.4 Å². The summed E-state index contributed by atoms with van der Waals surface area (Å²) in [5, 5.41) is 16.1. The lowest BCUT2D eigenvalue weighted by atomic mass is 10.3. The Morgan fingerprint density at radius 3 is 3.04 bits per heavy atom. The molecule has 2 heterocycles. The van der Waals surface area contributed by atoms with Gasteiger partial charge in [0.25, 0.3) is 0 Å². The number of nitriles is 1. The van der Waals surface area contributed by atoms with Crippen molar-refractivity contribution in [3.63, 3.8) is 0 Å². The highest BCUT2D eigenvalue weighted by Crippen LogP contribution is 2.30. The van der Waals surface area contributed by atoms with Crippen molar-refractivity contribution >= 4 is 38.6 Å². The van der Waals surface area contributed by atoms with E-state index in [2.05, 4.69) is 24.9 Å². The van der Waals surface area contributed by atoms with Gasteiger partial charge < -0.3 is 4.74 Å². The van der Waals surface area contributed by atoms with Gasteiger partial charge in [-0.05, 0) is 22.4 Å². The summed E-state index contributed by atoms with van der Waals surface area (Å²) in [4.78, 5) is 7.98. The van der Waals surface area contributed by atoms with Crippen LogP contribution in [0.3, 0.4) is 0 Å². The number of hydrogen-bond acceptors (Lipinski definition) is 6. The van der Waals surface area contributed by atoms with Gasteiger partial charge in [-0.2, -0.15) is 24.6 Å². The van der Waals surface area contributed by atoms with Crippen LogP contribution in [0.2, 0.25) is 5.02 Å². The van der Waals surface area contributed by atoms with Crippen molar-refractivity contribution in [1.29, 1.82) is 5.26 Å². The molecule has 3 rings (SSSR count). The maximum absolute atomic E-state index is 12.8. The zero-order chi connectivity index (χ0) is 18.0. The van der Waals surface area contributed by atoms with E-state index in [1.54, 1.807) is 18.2 Å². The molecule has 0 bridgehead atoms. The first-order valence-corrected chi connectivity index (χ1v) is 8.79. The molecule has 0 amide bonds. The van der Waals surface area contributed by atoms with Crippen molar-refractivity contribution < 1.29 is 13.5 Å². The van der Waals surface area contributed by atoms with Crippen LogP contribution in [0.25, 0.3) is 10.9 Å². The first-order chi connectivity index (χ1) is 11.9. The number of ether oxygens (including phenoxy) is 1. The number of halogens is 1. The monoisotopic (exact) mass is 379 g/mol. The number of H-pyrrole nitrogens is 1. The molecule has 9 nitrogen and oxygen atoms in total. The van der Waals surface area contributed by atoms with Crippen molar-refractivity contribution in [3.05, 3.63) is 35.2 Å². The maximum atomic E-state index is 12.8. The number of fused-ring (bicyclic) bond motifs is 1. The average molecular weight is 380 g/mol. The summed E-state index contributed by atoms with van der Waals surface area (Å²) in [5.74, 6) is 0.296. The summed E-state index contributed by atoms with van der Waals surface area (Å²) in [6.07, 6.45) is 1.28. The number of nitrogens with zero attached hydrogens (tertiary/aromatic N) is 4. The molecule has 3 N–H and O–H groups in total. The summed E-state index contributed by atoms with van der Waals surface area (Å²) in [7, 11) is -2.40. The van der Waals surface area contributed by atoms with Gasteiger partial charge in [0.2, 0.25) is 5.88 Å². The molecule has 25 heavy (non-hydrogen) atoms. The third kappa shape index (κ3) is 3.39. The van der Waals surface area contributed by atoms with E-state index in [0.29, 0.717) is 15.9 Å². The number of aromatic nitrogens is 4. The predicted molar refractivity (Wildman–Crippen MR) is 91.6 cm³/mol. The standard InChI is InChI=1S/C14H11ClN6O3S/c1-24-13-11(7-17-12(18-13)4-5-16)21-25(22,23)14-9-3-2-8(15)6-10(9)19-20-14/h2-3,6-7H,4H2,1H3,(H2-,19,20,21,22,23)/p+1. The molecule has 2 aromatic heterocycles. The highest BCUT2D eigenvalue weighted by atomic mass is 35.5. The van der Waals surface area contributed by atoms with Crippen LogP contribution < -0.4 is 9.46 Å². The lowest BCUT2D eigenvalue weighted by Crippen LogP contribution is -2.22. The van der Waals surface area contributed by atoms with Crippen LogP contribution in [0.1, 0.15) is 5.82 Å². The Kier molecular flexibility index (Phi) is 4.54. The normalized spacial score (nSPS) is 13.2. The third-order valence-corrected chi connectivity index (χ3v) is 4.84. The molecule has 0 aliphatic carbocycles. The van der Waals surface area contributed by atoms with Gasteiger partial charge in [-0.3, -0.25) is 0 Å². The lowest BCUT2D eigenvalue weighted by molar-refractivity contribution is 0.397. The first kappa shape index (κ1) is 17.1. The SMILES string of the molecule is COc1nc(CC#N)ncc1N[S+](=O)(O)c1[nH]nc2cc(Cl)ccc12. The smallest absolute Gasteiger partial charge is 0.365 e. The van der Waals surface area contributed by atoms with E-state index in [1.807, 2.05) is 6.07 Å². The highest BCUT2D eigenvalue weighted by Gasteiger charge is 2.36. The molecule has 0 saturated carbocycles. The Hall–Kier alpha value is -2.74. The van der Waals surface area contributed by atoms with Crippen LogP contribution in [-0.4, -0.2) is 31.8 Å². The Labute approximate surface area is 148 Å². The Morgan fingerprint density at radius 2 is 2.32 bits per heavy atom. The Bertz CT molecular complexity index is 1030. The molecule has 0 fully saturated rings. The summed E-state index contributed by atoms with van der Waals surface area (Å²) < 4.78 is 30.8. The van der Waals surface area contributed by atoms with E-state index in [1.165, 1.54) is 13.3 Å². The number of hydrogen-bond donors (Lipinski definition) is 3. The van der Waals surface area contributed by atoms with Gasteiger partial charge in [-0.1, -0.05) is 11.6 Å².